The van der Waals surface area contributed by atoms with Gasteiger partial charge in [0.2, 0.25) is 0 Å². The number of nitrogens with one attached hydrogen (secondary N) is 1. The summed E-state index contributed by atoms with van der Waals surface area (Å²) in [5.41, 5.74) is 0. The van der Waals surface area contributed by atoms with E-state index in [-0.39, 0.29) is 0 Å². The van der Waals surface area contributed by atoms with Gasteiger partial charge in [-0.2, -0.15) is 0 Å². The van der Waals surface area contributed by atoms with Crippen molar-refractivity contribution in [2.24, 2.45) is 0 Å². The van der Waals surface area contributed by atoms with Crippen molar-refractivity contribution < 1.29 is 4.74 Å². The number of rotatable bonds is 2. The molecule has 1 N–H and O–H groups in total. The van der Waals surface area contributed by atoms with E-state index in [4.69, 9.17) is 4.74 Å². The van der Waals surface area contributed by atoms with Crippen LogP contribution in [0.15, 0.2) is 0 Å². The Labute approximate surface area is 56.6 Å². The topological polar surface area (TPSA) is 21.3 Å². The molecule has 0 aliphatic carbocycles. The Hall–Kier alpha value is -0.0800. The lowest BCUT2D eigenvalue weighted by Crippen LogP contribution is -2.26. The molecule has 0 unspecified atom stereocenters. The third-order valence-corrected chi connectivity index (χ3v) is 1.45. The normalized spacial score (nSPS) is 22.3. The predicted octanol–water partition coefficient (Wildman–Crippen LogP) is 1.29. The third-order valence-electron chi connectivity index (χ3n) is 1.45. The fourth-order valence-electron chi connectivity index (χ4n) is 0.992. The molecule has 1 aliphatic heterocycles. The van der Waals surface area contributed by atoms with Gasteiger partial charge < -0.3 is 4.74 Å². The molecule has 0 aromatic rings. The summed E-state index contributed by atoms with van der Waals surface area (Å²) in [4.78, 5) is 0. The molecule has 0 spiro atoms. The van der Waals surface area contributed by atoms with E-state index in [1.165, 1.54) is 12.8 Å². The van der Waals surface area contributed by atoms with Gasteiger partial charge >= 0.3 is 0 Å². The van der Waals surface area contributed by atoms with Crippen LogP contribution in [0.5, 0.6) is 0 Å². The lowest BCUT2D eigenvalue weighted by Gasteiger charge is -2.20. The Morgan fingerprint density at radius 1 is 1.56 bits per heavy atom. The van der Waals surface area contributed by atoms with Crippen molar-refractivity contribution in [3.63, 3.8) is 0 Å². The van der Waals surface area contributed by atoms with Crippen molar-refractivity contribution >= 4 is 0 Å². The Balaban J connectivity index is 2.08. The second-order valence-electron chi connectivity index (χ2n) is 2.26. The predicted molar refractivity (Wildman–Crippen MR) is 36.7 cm³/mol. The van der Waals surface area contributed by atoms with E-state index >= 15 is 0 Å². The summed E-state index contributed by atoms with van der Waals surface area (Å²) in [5.74, 6) is 0. The zero-order valence-corrected chi connectivity index (χ0v) is 5.94. The van der Waals surface area contributed by atoms with E-state index < -0.39 is 0 Å². The number of hydrogen-bond acceptors (Lipinski definition) is 2. The van der Waals surface area contributed by atoms with Gasteiger partial charge in [-0.25, -0.2) is 0 Å². The first-order chi connectivity index (χ1) is 4.43. The zero-order valence-electron chi connectivity index (χ0n) is 5.94. The minimum Gasteiger partial charge on any atom is -0.356 e. The van der Waals surface area contributed by atoms with Crippen LogP contribution in [0.2, 0.25) is 0 Å². The van der Waals surface area contributed by atoms with Crippen LogP contribution >= 0.6 is 0 Å². The molecule has 0 saturated carbocycles. The SMILES string of the molecule is CCN[C]1CCCCO1. The average Bonchev–Trinajstić information content (AvgIpc) is 1.91. The largest absolute Gasteiger partial charge is 0.356 e. The fourth-order valence-corrected chi connectivity index (χ4v) is 0.992. The lowest BCUT2D eigenvalue weighted by atomic mass is 10.2. The fraction of sp³-hybridized carbons (Fsp3) is 0.857. The first kappa shape index (κ1) is 7.03. The minimum atomic E-state index is 0.905. The molecule has 0 bridgehead atoms. The van der Waals surface area contributed by atoms with Crippen LogP contribution < -0.4 is 5.32 Å². The molecule has 0 atom stereocenters. The standard InChI is InChI=1S/C7H14NO/c1-2-8-7-5-3-4-6-9-7/h8H,2-6H2,1H3. The molecule has 2 heteroatoms. The van der Waals surface area contributed by atoms with Gasteiger partial charge in [0.05, 0.1) is 0 Å². The van der Waals surface area contributed by atoms with E-state index in [2.05, 4.69) is 12.2 Å². The summed E-state index contributed by atoms with van der Waals surface area (Å²) in [6, 6.07) is 0. The van der Waals surface area contributed by atoms with Crippen LogP contribution in [0, 0.1) is 6.23 Å². The molecule has 1 fully saturated rings. The van der Waals surface area contributed by atoms with Gasteiger partial charge in [-0.15, -0.1) is 0 Å². The first-order valence-corrected chi connectivity index (χ1v) is 3.66. The monoisotopic (exact) mass is 128 g/mol. The van der Waals surface area contributed by atoms with Crippen molar-refractivity contribution in [1.82, 2.24) is 5.32 Å². The highest BCUT2D eigenvalue weighted by molar-refractivity contribution is 4.77. The highest BCUT2D eigenvalue weighted by Crippen LogP contribution is 2.15. The van der Waals surface area contributed by atoms with Crippen molar-refractivity contribution in [3.8, 4) is 0 Å². The maximum atomic E-state index is 5.32. The van der Waals surface area contributed by atoms with E-state index in [0.717, 1.165) is 25.8 Å². The van der Waals surface area contributed by atoms with Crippen molar-refractivity contribution in [1.29, 1.82) is 0 Å². The maximum Gasteiger partial charge on any atom is 0.161 e. The molecule has 1 heterocycles. The second-order valence-corrected chi connectivity index (χ2v) is 2.26. The van der Waals surface area contributed by atoms with Gasteiger partial charge in [0.25, 0.3) is 0 Å². The molecule has 1 rings (SSSR count). The molecule has 53 valence electrons. The Morgan fingerprint density at radius 2 is 2.44 bits per heavy atom. The molecule has 1 radical (unpaired) electrons. The van der Waals surface area contributed by atoms with Gasteiger partial charge in [0.15, 0.2) is 6.23 Å². The third kappa shape index (κ3) is 2.33. The van der Waals surface area contributed by atoms with Crippen LogP contribution in [0.25, 0.3) is 0 Å². The zero-order chi connectivity index (χ0) is 6.53. The summed E-state index contributed by atoms with van der Waals surface area (Å²) in [7, 11) is 0. The van der Waals surface area contributed by atoms with E-state index in [0.29, 0.717) is 0 Å². The molecule has 2 nitrogen and oxygen atoms in total. The lowest BCUT2D eigenvalue weighted by molar-refractivity contribution is 0.0803. The van der Waals surface area contributed by atoms with Crippen LogP contribution in [0.3, 0.4) is 0 Å². The van der Waals surface area contributed by atoms with Gasteiger partial charge in [-0.1, -0.05) is 6.92 Å². The van der Waals surface area contributed by atoms with Gasteiger partial charge in [0, 0.05) is 6.61 Å². The molecular weight excluding hydrogens is 114 g/mol. The number of ether oxygens (including phenoxy) is 1. The van der Waals surface area contributed by atoms with Gasteiger partial charge in [0.1, 0.15) is 0 Å². The van der Waals surface area contributed by atoms with Gasteiger partial charge in [-0.3, -0.25) is 5.32 Å². The van der Waals surface area contributed by atoms with Crippen LogP contribution in [0.4, 0.5) is 0 Å². The summed E-state index contributed by atoms with van der Waals surface area (Å²) in [6.45, 7) is 3.97. The van der Waals surface area contributed by atoms with Crippen LogP contribution in [-0.4, -0.2) is 13.2 Å². The molecular formula is C7H14NO. The molecule has 0 aromatic carbocycles. The molecule has 1 saturated heterocycles. The molecule has 0 amide bonds. The molecule has 9 heavy (non-hydrogen) atoms. The second kappa shape index (κ2) is 3.85. The van der Waals surface area contributed by atoms with Crippen LogP contribution in [0.1, 0.15) is 26.2 Å². The van der Waals surface area contributed by atoms with Crippen molar-refractivity contribution in [2.45, 2.75) is 26.2 Å². The summed E-state index contributed by atoms with van der Waals surface area (Å²) in [5, 5.41) is 3.18. The van der Waals surface area contributed by atoms with E-state index in [1.54, 1.807) is 0 Å². The molecule has 0 aromatic heterocycles. The Bertz CT molecular complexity index is 66.6. The van der Waals surface area contributed by atoms with Crippen LogP contribution in [-0.2, 0) is 4.74 Å². The van der Waals surface area contributed by atoms with E-state index in [9.17, 15) is 0 Å². The minimum absolute atomic E-state index is 0.905. The van der Waals surface area contributed by atoms with E-state index in [1.807, 2.05) is 0 Å². The Morgan fingerprint density at radius 3 is 3.00 bits per heavy atom. The summed E-state index contributed by atoms with van der Waals surface area (Å²) < 4.78 is 5.32. The van der Waals surface area contributed by atoms with Crippen molar-refractivity contribution in [2.75, 3.05) is 13.2 Å². The maximum absolute atomic E-state index is 5.32. The Kier molecular flexibility index (Phi) is 3.01. The van der Waals surface area contributed by atoms with Crippen molar-refractivity contribution in [3.05, 3.63) is 6.23 Å². The number of hydrogen-bond donors (Lipinski definition) is 1. The highest BCUT2D eigenvalue weighted by Gasteiger charge is 2.12. The molecule has 1 aliphatic rings. The summed E-state index contributed by atoms with van der Waals surface area (Å²) >= 11 is 0. The highest BCUT2D eigenvalue weighted by atomic mass is 16.5. The summed E-state index contributed by atoms with van der Waals surface area (Å²) in [6.07, 6.45) is 4.69. The smallest absolute Gasteiger partial charge is 0.161 e. The van der Waals surface area contributed by atoms with Gasteiger partial charge in [-0.05, 0) is 25.8 Å². The average molecular weight is 128 g/mol. The first-order valence-electron chi connectivity index (χ1n) is 3.66. The quantitative estimate of drug-likeness (QED) is 0.605.